The van der Waals surface area contributed by atoms with E-state index in [4.69, 9.17) is 4.42 Å². The average Bonchev–Trinajstić information content (AvgIpc) is 3.36. The van der Waals surface area contributed by atoms with Crippen molar-refractivity contribution in [1.82, 2.24) is 25.3 Å². The molecule has 0 radical (unpaired) electrons. The van der Waals surface area contributed by atoms with Gasteiger partial charge in [-0.2, -0.15) is 5.10 Å². The summed E-state index contributed by atoms with van der Waals surface area (Å²) in [5.41, 5.74) is 1.08. The molecule has 1 saturated heterocycles. The van der Waals surface area contributed by atoms with Crippen LogP contribution in [0.3, 0.4) is 0 Å². The standard InChI is InChI=1S/C18H28N6O.HI/c1-3-19-18(20-13-15-8-9-22-23(15)2)21-14-16(17-7-6-12-25-17)24-10-4-5-11-24;/h6-9,12,16H,3-5,10-11,13-14H2,1-2H3,(H2,19,20,21);1H. The lowest BCUT2D eigenvalue weighted by molar-refractivity contribution is 0.215. The molecular formula is C18H29IN6O. The maximum absolute atomic E-state index is 5.68. The van der Waals surface area contributed by atoms with Crippen molar-refractivity contribution in [3.05, 3.63) is 42.1 Å². The van der Waals surface area contributed by atoms with Gasteiger partial charge in [0.1, 0.15) is 5.76 Å². The molecule has 1 aliphatic rings. The normalized spacial score (nSPS) is 16.3. The van der Waals surface area contributed by atoms with Gasteiger partial charge >= 0.3 is 0 Å². The van der Waals surface area contributed by atoms with Crippen molar-refractivity contribution in [2.75, 3.05) is 26.2 Å². The monoisotopic (exact) mass is 472 g/mol. The topological polar surface area (TPSA) is 70.6 Å². The minimum absolute atomic E-state index is 0. The molecular weight excluding hydrogens is 443 g/mol. The maximum Gasteiger partial charge on any atom is 0.191 e. The molecule has 26 heavy (non-hydrogen) atoms. The van der Waals surface area contributed by atoms with Gasteiger partial charge in [-0.3, -0.25) is 9.58 Å². The molecule has 0 aliphatic carbocycles. The first kappa shape index (κ1) is 20.8. The number of furan rings is 1. The Kier molecular flexibility index (Phi) is 8.43. The van der Waals surface area contributed by atoms with Gasteiger partial charge in [0.2, 0.25) is 0 Å². The third-order valence-electron chi connectivity index (χ3n) is 4.58. The van der Waals surface area contributed by atoms with Crippen molar-refractivity contribution in [3.8, 4) is 0 Å². The highest BCUT2D eigenvalue weighted by molar-refractivity contribution is 14.0. The lowest BCUT2D eigenvalue weighted by Gasteiger charge is -2.26. The van der Waals surface area contributed by atoms with Crippen LogP contribution in [0.1, 0.15) is 37.3 Å². The first-order valence-electron chi connectivity index (χ1n) is 9.04. The smallest absolute Gasteiger partial charge is 0.191 e. The maximum atomic E-state index is 5.68. The highest BCUT2D eigenvalue weighted by Crippen LogP contribution is 2.24. The second-order valence-electron chi connectivity index (χ2n) is 6.30. The predicted molar refractivity (Wildman–Crippen MR) is 114 cm³/mol. The summed E-state index contributed by atoms with van der Waals surface area (Å²) in [4.78, 5) is 7.16. The molecule has 8 heteroatoms. The quantitative estimate of drug-likeness (QED) is 0.368. The Morgan fingerprint density at radius 1 is 1.31 bits per heavy atom. The molecule has 1 unspecified atom stereocenters. The molecule has 7 nitrogen and oxygen atoms in total. The number of nitrogens with zero attached hydrogens (tertiary/aromatic N) is 4. The zero-order valence-electron chi connectivity index (χ0n) is 15.5. The Hall–Kier alpha value is -1.55. The Labute approximate surface area is 172 Å². The average molecular weight is 472 g/mol. The van der Waals surface area contributed by atoms with Gasteiger partial charge in [0.25, 0.3) is 0 Å². The van der Waals surface area contributed by atoms with E-state index < -0.39 is 0 Å². The van der Waals surface area contributed by atoms with E-state index in [1.54, 1.807) is 12.5 Å². The molecule has 2 N–H and O–H groups in total. The van der Waals surface area contributed by atoms with Gasteiger partial charge in [-0.25, -0.2) is 4.99 Å². The van der Waals surface area contributed by atoms with Crippen LogP contribution in [-0.2, 0) is 13.6 Å². The zero-order valence-corrected chi connectivity index (χ0v) is 17.8. The van der Waals surface area contributed by atoms with E-state index in [1.165, 1.54) is 12.8 Å². The van der Waals surface area contributed by atoms with Crippen LogP contribution in [0.4, 0.5) is 0 Å². The van der Waals surface area contributed by atoms with Gasteiger partial charge < -0.3 is 15.1 Å². The third-order valence-corrected chi connectivity index (χ3v) is 4.58. The lowest BCUT2D eigenvalue weighted by atomic mass is 10.2. The van der Waals surface area contributed by atoms with Crippen LogP contribution in [0, 0.1) is 0 Å². The minimum Gasteiger partial charge on any atom is -0.468 e. The van der Waals surface area contributed by atoms with Gasteiger partial charge in [-0.05, 0) is 51.1 Å². The van der Waals surface area contributed by atoms with Crippen molar-refractivity contribution in [2.24, 2.45) is 12.0 Å². The molecule has 0 aromatic carbocycles. The molecule has 2 aromatic heterocycles. The summed E-state index contributed by atoms with van der Waals surface area (Å²) < 4.78 is 7.53. The summed E-state index contributed by atoms with van der Waals surface area (Å²) in [5.74, 6) is 1.83. The van der Waals surface area contributed by atoms with Gasteiger partial charge in [0.05, 0.1) is 24.5 Å². The number of aromatic nitrogens is 2. The second kappa shape index (κ2) is 10.6. The number of hydrogen-bond acceptors (Lipinski definition) is 4. The Bertz CT molecular complexity index is 663. The van der Waals surface area contributed by atoms with Gasteiger partial charge in [-0.1, -0.05) is 0 Å². The number of hydrogen-bond donors (Lipinski definition) is 2. The zero-order chi connectivity index (χ0) is 17.5. The molecule has 0 bridgehead atoms. The first-order valence-corrected chi connectivity index (χ1v) is 9.04. The van der Waals surface area contributed by atoms with Crippen LogP contribution >= 0.6 is 24.0 Å². The Morgan fingerprint density at radius 2 is 2.12 bits per heavy atom. The van der Waals surface area contributed by atoms with Crippen molar-refractivity contribution in [3.63, 3.8) is 0 Å². The van der Waals surface area contributed by atoms with Crippen molar-refractivity contribution >= 4 is 29.9 Å². The molecule has 1 aliphatic heterocycles. The summed E-state index contributed by atoms with van der Waals surface area (Å²) >= 11 is 0. The molecule has 3 rings (SSSR count). The van der Waals surface area contributed by atoms with E-state index in [0.29, 0.717) is 6.54 Å². The summed E-state index contributed by atoms with van der Waals surface area (Å²) in [5, 5.41) is 11.0. The van der Waals surface area contributed by atoms with Gasteiger partial charge in [0, 0.05) is 26.3 Å². The van der Waals surface area contributed by atoms with E-state index in [9.17, 15) is 0 Å². The number of rotatable bonds is 7. The molecule has 2 aromatic rings. The molecule has 1 fully saturated rings. The number of likely N-dealkylation sites (tertiary alicyclic amines) is 1. The van der Waals surface area contributed by atoms with Crippen LogP contribution < -0.4 is 10.6 Å². The van der Waals surface area contributed by atoms with Crippen LogP contribution in [0.25, 0.3) is 0 Å². The largest absolute Gasteiger partial charge is 0.468 e. The molecule has 0 saturated carbocycles. The van der Waals surface area contributed by atoms with Crippen molar-refractivity contribution in [1.29, 1.82) is 0 Å². The summed E-state index contributed by atoms with van der Waals surface area (Å²) in [6, 6.07) is 6.24. The molecule has 1 atom stereocenters. The number of nitrogens with one attached hydrogen (secondary N) is 2. The fraction of sp³-hybridized carbons (Fsp3) is 0.556. The van der Waals surface area contributed by atoms with Gasteiger partial charge in [-0.15, -0.1) is 24.0 Å². The molecule has 3 heterocycles. The summed E-state index contributed by atoms with van der Waals surface area (Å²) in [6.45, 7) is 6.51. The van der Waals surface area contributed by atoms with E-state index >= 15 is 0 Å². The predicted octanol–water partition coefficient (Wildman–Crippen LogP) is 2.52. The SMILES string of the molecule is CCNC(=NCc1ccnn1C)NCC(c1ccco1)N1CCCC1.I. The van der Waals surface area contributed by atoms with Crippen LogP contribution in [0.2, 0.25) is 0 Å². The van der Waals surface area contributed by atoms with E-state index in [0.717, 1.165) is 43.6 Å². The molecule has 0 amide bonds. The molecule has 144 valence electrons. The molecule has 0 spiro atoms. The second-order valence-corrected chi connectivity index (χ2v) is 6.30. The number of guanidine groups is 1. The first-order chi connectivity index (χ1) is 12.3. The minimum atomic E-state index is 0. The van der Waals surface area contributed by atoms with E-state index in [-0.39, 0.29) is 30.0 Å². The number of halogens is 1. The van der Waals surface area contributed by atoms with Crippen LogP contribution in [0.15, 0.2) is 40.1 Å². The Balaban J connectivity index is 0.00000243. The van der Waals surface area contributed by atoms with Gasteiger partial charge in [0.15, 0.2) is 5.96 Å². The van der Waals surface area contributed by atoms with Crippen LogP contribution in [-0.4, -0.2) is 46.8 Å². The lowest BCUT2D eigenvalue weighted by Crippen LogP contribution is -2.42. The van der Waals surface area contributed by atoms with E-state index in [1.807, 2.05) is 23.9 Å². The van der Waals surface area contributed by atoms with Crippen molar-refractivity contribution < 1.29 is 4.42 Å². The highest BCUT2D eigenvalue weighted by atomic mass is 127. The highest BCUT2D eigenvalue weighted by Gasteiger charge is 2.25. The number of aliphatic imine (C=N–C) groups is 1. The third kappa shape index (κ3) is 5.47. The Morgan fingerprint density at radius 3 is 2.73 bits per heavy atom. The van der Waals surface area contributed by atoms with Crippen molar-refractivity contribution in [2.45, 2.75) is 32.4 Å². The number of aryl methyl sites for hydroxylation is 1. The van der Waals surface area contributed by atoms with Crippen LogP contribution in [0.5, 0.6) is 0 Å². The van der Waals surface area contributed by atoms with E-state index in [2.05, 4.69) is 38.6 Å². The fourth-order valence-electron chi connectivity index (χ4n) is 3.20. The summed E-state index contributed by atoms with van der Waals surface area (Å²) in [7, 11) is 1.94. The summed E-state index contributed by atoms with van der Waals surface area (Å²) in [6.07, 6.45) is 6.06. The fourth-order valence-corrected chi connectivity index (χ4v) is 3.20.